The molecular formula is C12H19NO2S. The average molecular weight is 241 g/mol. The zero-order valence-electron chi connectivity index (χ0n) is 10.3. The van der Waals surface area contributed by atoms with Crippen LogP contribution >= 0.6 is 11.3 Å². The van der Waals surface area contributed by atoms with E-state index in [0.717, 1.165) is 30.0 Å². The lowest BCUT2D eigenvalue weighted by molar-refractivity contribution is 0.0699. The van der Waals surface area contributed by atoms with E-state index in [0.29, 0.717) is 4.88 Å². The van der Waals surface area contributed by atoms with Crippen LogP contribution in [-0.2, 0) is 11.8 Å². The molecule has 0 aliphatic rings. The summed E-state index contributed by atoms with van der Waals surface area (Å²) in [6.45, 7) is 8.12. The molecule has 4 heteroatoms. The van der Waals surface area contributed by atoms with Crippen molar-refractivity contribution in [1.29, 1.82) is 0 Å². The van der Waals surface area contributed by atoms with Crippen molar-refractivity contribution in [2.24, 2.45) is 0 Å². The van der Waals surface area contributed by atoms with E-state index in [2.05, 4.69) is 11.9 Å². The first-order valence-electron chi connectivity index (χ1n) is 5.59. The highest BCUT2D eigenvalue weighted by Crippen LogP contribution is 2.30. The SMILES string of the molecule is CCCCc1nc(C(C)(C)C)c(C(=O)O)s1. The minimum Gasteiger partial charge on any atom is -0.477 e. The fraction of sp³-hybridized carbons (Fsp3) is 0.667. The highest BCUT2D eigenvalue weighted by molar-refractivity contribution is 7.13. The standard InChI is InChI=1S/C12H19NO2S/c1-5-6-7-8-13-10(12(2,3)4)9(16-8)11(14)15/h5-7H2,1-4H3,(H,14,15). The second-order valence-corrected chi connectivity index (χ2v) is 6.03. The third-order valence-corrected chi connectivity index (χ3v) is 3.42. The molecule has 0 bridgehead atoms. The van der Waals surface area contributed by atoms with Crippen molar-refractivity contribution < 1.29 is 9.90 Å². The van der Waals surface area contributed by atoms with Gasteiger partial charge in [-0.25, -0.2) is 9.78 Å². The van der Waals surface area contributed by atoms with Gasteiger partial charge in [-0.2, -0.15) is 0 Å². The first kappa shape index (κ1) is 13.2. The number of aryl methyl sites for hydroxylation is 1. The molecular weight excluding hydrogens is 222 g/mol. The summed E-state index contributed by atoms with van der Waals surface area (Å²) in [5.41, 5.74) is 0.519. The average Bonchev–Trinajstić information content (AvgIpc) is 2.58. The molecule has 90 valence electrons. The van der Waals surface area contributed by atoms with E-state index in [-0.39, 0.29) is 5.41 Å². The predicted molar refractivity (Wildman–Crippen MR) is 66.4 cm³/mol. The number of carboxylic acids is 1. The number of carbonyl (C=O) groups is 1. The fourth-order valence-corrected chi connectivity index (χ4v) is 2.61. The molecule has 0 aliphatic carbocycles. The van der Waals surface area contributed by atoms with Gasteiger partial charge in [0.2, 0.25) is 0 Å². The lowest BCUT2D eigenvalue weighted by Crippen LogP contribution is -2.16. The number of aromatic carboxylic acids is 1. The summed E-state index contributed by atoms with van der Waals surface area (Å²) in [6, 6.07) is 0. The maximum atomic E-state index is 11.1. The van der Waals surface area contributed by atoms with Crippen LogP contribution < -0.4 is 0 Å². The van der Waals surface area contributed by atoms with Gasteiger partial charge in [-0.3, -0.25) is 0 Å². The molecule has 0 fully saturated rings. The van der Waals surface area contributed by atoms with Gasteiger partial charge in [-0.1, -0.05) is 34.1 Å². The van der Waals surface area contributed by atoms with Gasteiger partial charge in [-0.05, 0) is 12.8 Å². The van der Waals surface area contributed by atoms with Crippen molar-refractivity contribution in [1.82, 2.24) is 4.98 Å². The van der Waals surface area contributed by atoms with Gasteiger partial charge in [0.1, 0.15) is 4.88 Å². The minimum absolute atomic E-state index is 0.200. The largest absolute Gasteiger partial charge is 0.477 e. The first-order valence-corrected chi connectivity index (χ1v) is 6.41. The van der Waals surface area contributed by atoms with Gasteiger partial charge in [0, 0.05) is 5.41 Å². The molecule has 1 aromatic rings. The smallest absolute Gasteiger partial charge is 0.347 e. The molecule has 0 amide bonds. The van der Waals surface area contributed by atoms with Crippen LogP contribution in [-0.4, -0.2) is 16.1 Å². The normalized spacial score (nSPS) is 11.8. The summed E-state index contributed by atoms with van der Waals surface area (Å²) in [6.07, 6.45) is 3.06. The Hall–Kier alpha value is -0.900. The zero-order valence-corrected chi connectivity index (χ0v) is 11.1. The number of aromatic nitrogens is 1. The van der Waals surface area contributed by atoms with Gasteiger partial charge < -0.3 is 5.11 Å². The molecule has 0 aliphatic heterocycles. The number of rotatable bonds is 4. The molecule has 0 atom stereocenters. The van der Waals surface area contributed by atoms with Crippen LogP contribution in [0.2, 0.25) is 0 Å². The Morgan fingerprint density at radius 1 is 1.44 bits per heavy atom. The Bertz CT molecular complexity index is 377. The Kier molecular flexibility index (Phi) is 4.08. The van der Waals surface area contributed by atoms with Crippen molar-refractivity contribution in [2.45, 2.75) is 52.4 Å². The minimum atomic E-state index is -0.856. The summed E-state index contributed by atoms with van der Waals surface area (Å²) in [7, 11) is 0. The molecule has 1 N–H and O–H groups in total. The van der Waals surface area contributed by atoms with Crippen molar-refractivity contribution in [2.75, 3.05) is 0 Å². The van der Waals surface area contributed by atoms with Crippen LogP contribution in [0.1, 0.15) is 60.9 Å². The fourth-order valence-electron chi connectivity index (χ4n) is 1.45. The van der Waals surface area contributed by atoms with E-state index in [1.165, 1.54) is 11.3 Å². The van der Waals surface area contributed by atoms with E-state index in [1.807, 2.05) is 20.8 Å². The number of thiazole rings is 1. The van der Waals surface area contributed by atoms with Crippen molar-refractivity contribution in [3.8, 4) is 0 Å². The summed E-state index contributed by atoms with van der Waals surface area (Å²) in [4.78, 5) is 16.0. The van der Waals surface area contributed by atoms with Crippen LogP contribution in [0.4, 0.5) is 0 Å². The Morgan fingerprint density at radius 3 is 2.44 bits per heavy atom. The number of unbranched alkanes of at least 4 members (excludes halogenated alkanes) is 1. The lowest BCUT2D eigenvalue weighted by Gasteiger charge is -2.16. The quantitative estimate of drug-likeness (QED) is 0.878. The van der Waals surface area contributed by atoms with Gasteiger partial charge in [0.25, 0.3) is 0 Å². The van der Waals surface area contributed by atoms with Crippen molar-refractivity contribution in [3.05, 3.63) is 15.6 Å². The molecule has 1 rings (SSSR count). The van der Waals surface area contributed by atoms with E-state index in [4.69, 9.17) is 5.11 Å². The van der Waals surface area contributed by atoms with Gasteiger partial charge in [0.05, 0.1) is 10.7 Å². The molecule has 16 heavy (non-hydrogen) atoms. The first-order chi connectivity index (χ1) is 7.36. The monoisotopic (exact) mass is 241 g/mol. The zero-order chi connectivity index (χ0) is 12.3. The molecule has 0 saturated heterocycles. The Labute approximate surface area is 101 Å². The second-order valence-electron chi connectivity index (χ2n) is 4.94. The molecule has 1 heterocycles. The van der Waals surface area contributed by atoms with Crippen LogP contribution in [0.5, 0.6) is 0 Å². The van der Waals surface area contributed by atoms with Crippen molar-refractivity contribution >= 4 is 17.3 Å². The molecule has 0 aromatic carbocycles. The summed E-state index contributed by atoms with van der Waals surface area (Å²) >= 11 is 1.32. The highest BCUT2D eigenvalue weighted by Gasteiger charge is 2.26. The van der Waals surface area contributed by atoms with Crippen LogP contribution in [0.3, 0.4) is 0 Å². The van der Waals surface area contributed by atoms with Gasteiger partial charge in [-0.15, -0.1) is 11.3 Å². The number of nitrogens with zero attached hydrogens (tertiary/aromatic N) is 1. The maximum absolute atomic E-state index is 11.1. The molecule has 0 radical (unpaired) electrons. The predicted octanol–water partition coefficient (Wildman–Crippen LogP) is 3.48. The van der Waals surface area contributed by atoms with E-state index < -0.39 is 5.97 Å². The van der Waals surface area contributed by atoms with Crippen LogP contribution in [0, 0.1) is 0 Å². The third kappa shape index (κ3) is 3.04. The van der Waals surface area contributed by atoms with E-state index in [1.54, 1.807) is 0 Å². The molecule has 0 unspecified atom stereocenters. The number of hydrogen-bond donors (Lipinski definition) is 1. The second kappa shape index (κ2) is 4.95. The lowest BCUT2D eigenvalue weighted by atomic mass is 9.91. The summed E-state index contributed by atoms with van der Waals surface area (Å²) in [5, 5.41) is 10.1. The molecule has 3 nitrogen and oxygen atoms in total. The van der Waals surface area contributed by atoms with Crippen LogP contribution in [0.25, 0.3) is 0 Å². The topological polar surface area (TPSA) is 50.2 Å². The maximum Gasteiger partial charge on any atom is 0.347 e. The van der Waals surface area contributed by atoms with E-state index >= 15 is 0 Å². The third-order valence-electron chi connectivity index (χ3n) is 2.32. The van der Waals surface area contributed by atoms with Gasteiger partial charge in [0.15, 0.2) is 0 Å². The molecule has 0 saturated carbocycles. The highest BCUT2D eigenvalue weighted by atomic mass is 32.1. The Morgan fingerprint density at radius 2 is 2.06 bits per heavy atom. The number of carboxylic acid groups (broad SMARTS) is 1. The van der Waals surface area contributed by atoms with Gasteiger partial charge >= 0.3 is 5.97 Å². The molecule has 0 spiro atoms. The Balaban J connectivity index is 3.06. The van der Waals surface area contributed by atoms with Crippen molar-refractivity contribution in [3.63, 3.8) is 0 Å². The van der Waals surface area contributed by atoms with Crippen LogP contribution in [0.15, 0.2) is 0 Å². The summed E-state index contributed by atoms with van der Waals surface area (Å²) in [5.74, 6) is -0.856. The summed E-state index contributed by atoms with van der Waals surface area (Å²) < 4.78 is 0. The number of hydrogen-bond acceptors (Lipinski definition) is 3. The molecule has 1 aromatic heterocycles. The van der Waals surface area contributed by atoms with E-state index in [9.17, 15) is 4.79 Å².